The second-order valence-corrected chi connectivity index (χ2v) is 6.83. The Bertz CT molecular complexity index is 388. The molecule has 1 atom stereocenters. The van der Waals surface area contributed by atoms with Crippen LogP contribution in [0.15, 0.2) is 30.3 Å². The molecule has 1 saturated heterocycles. The van der Waals surface area contributed by atoms with Gasteiger partial charge >= 0.3 is 0 Å². The zero-order valence-corrected chi connectivity index (χ0v) is 13.4. The summed E-state index contributed by atoms with van der Waals surface area (Å²) in [4.78, 5) is 5.08. The van der Waals surface area contributed by atoms with E-state index in [1.165, 1.54) is 5.69 Å². The first-order valence-corrected chi connectivity index (χ1v) is 7.70. The predicted molar refractivity (Wildman–Crippen MR) is 87.4 cm³/mol. The summed E-state index contributed by atoms with van der Waals surface area (Å²) in [6, 6.07) is 11.3. The van der Waals surface area contributed by atoms with Crippen molar-refractivity contribution in [3.63, 3.8) is 0 Å². The number of piperazine rings is 1. The lowest BCUT2D eigenvalue weighted by Gasteiger charge is -2.40. The number of hydrogen-bond acceptors (Lipinski definition) is 3. The largest absolute Gasteiger partial charge is 0.369 e. The fourth-order valence-electron chi connectivity index (χ4n) is 2.88. The molecule has 1 N–H and O–H groups in total. The maximum absolute atomic E-state index is 3.48. The number of nitrogens with one attached hydrogen (secondary N) is 1. The van der Waals surface area contributed by atoms with Gasteiger partial charge in [-0.2, -0.15) is 0 Å². The van der Waals surface area contributed by atoms with Crippen LogP contribution in [-0.2, 0) is 0 Å². The monoisotopic (exact) mass is 275 g/mol. The Morgan fingerprint density at radius 3 is 2.15 bits per heavy atom. The van der Waals surface area contributed by atoms with Gasteiger partial charge in [-0.15, -0.1) is 0 Å². The van der Waals surface area contributed by atoms with Gasteiger partial charge in [-0.05, 0) is 24.6 Å². The lowest BCUT2D eigenvalue weighted by atomic mass is 9.86. The fourth-order valence-corrected chi connectivity index (χ4v) is 2.88. The maximum Gasteiger partial charge on any atom is 0.0367 e. The third-order valence-electron chi connectivity index (χ3n) is 4.33. The average molecular weight is 275 g/mol. The Labute approximate surface area is 124 Å². The molecule has 2 rings (SSSR count). The molecule has 112 valence electrons. The molecule has 0 radical (unpaired) electrons. The SMILES string of the molecule is CNC(CN1CCN(c2ccccc2)CC1)C(C)(C)C. The molecule has 1 heterocycles. The zero-order valence-electron chi connectivity index (χ0n) is 13.4. The van der Waals surface area contributed by atoms with Gasteiger partial charge in [-0.3, -0.25) is 4.90 Å². The molecule has 0 bridgehead atoms. The summed E-state index contributed by atoms with van der Waals surface area (Å²) in [7, 11) is 2.08. The topological polar surface area (TPSA) is 18.5 Å². The molecule has 1 aliphatic rings. The van der Waals surface area contributed by atoms with E-state index in [2.05, 4.69) is 73.3 Å². The molecular formula is C17H29N3. The summed E-state index contributed by atoms with van der Waals surface area (Å²) < 4.78 is 0. The van der Waals surface area contributed by atoms with E-state index in [1.807, 2.05) is 0 Å². The van der Waals surface area contributed by atoms with Gasteiger partial charge in [0.1, 0.15) is 0 Å². The molecule has 0 aliphatic carbocycles. The summed E-state index contributed by atoms with van der Waals surface area (Å²) in [6.07, 6.45) is 0. The molecule has 1 aromatic carbocycles. The quantitative estimate of drug-likeness (QED) is 0.910. The molecule has 1 fully saturated rings. The Hall–Kier alpha value is -1.06. The molecule has 0 amide bonds. The van der Waals surface area contributed by atoms with Crippen LogP contribution in [0.25, 0.3) is 0 Å². The van der Waals surface area contributed by atoms with Crippen LogP contribution in [0.5, 0.6) is 0 Å². The average Bonchev–Trinajstić information content (AvgIpc) is 2.45. The van der Waals surface area contributed by atoms with E-state index >= 15 is 0 Å². The van der Waals surface area contributed by atoms with E-state index in [0.29, 0.717) is 11.5 Å². The highest BCUT2D eigenvalue weighted by Gasteiger charge is 2.26. The van der Waals surface area contributed by atoms with E-state index in [-0.39, 0.29) is 0 Å². The number of para-hydroxylation sites is 1. The van der Waals surface area contributed by atoms with Crippen LogP contribution in [0, 0.1) is 5.41 Å². The maximum atomic E-state index is 3.48. The molecule has 0 saturated carbocycles. The third-order valence-corrected chi connectivity index (χ3v) is 4.33. The van der Waals surface area contributed by atoms with Crippen molar-refractivity contribution in [2.45, 2.75) is 26.8 Å². The van der Waals surface area contributed by atoms with E-state index in [0.717, 1.165) is 32.7 Å². The van der Waals surface area contributed by atoms with Crippen molar-refractivity contribution in [3.8, 4) is 0 Å². The van der Waals surface area contributed by atoms with E-state index < -0.39 is 0 Å². The number of nitrogens with zero attached hydrogens (tertiary/aromatic N) is 2. The smallest absolute Gasteiger partial charge is 0.0367 e. The van der Waals surface area contributed by atoms with Gasteiger partial charge in [-0.1, -0.05) is 39.0 Å². The molecule has 3 nitrogen and oxygen atoms in total. The first kappa shape index (κ1) is 15.3. The molecule has 0 spiro atoms. The normalized spacial score (nSPS) is 19.1. The zero-order chi connectivity index (χ0) is 14.6. The number of hydrogen-bond donors (Lipinski definition) is 1. The molecule has 1 unspecified atom stereocenters. The number of benzene rings is 1. The van der Waals surface area contributed by atoms with Gasteiger partial charge < -0.3 is 10.2 Å². The molecule has 3 heteroatoms. The lowest BCUT2D eigenvalue weighted by Crippen LogP contribution is -2.53. The Balaban J connectivity index is 1.85. The standard InChI is InChI=1S/C17H29N3/c1-17(2,3)16(18-4)14-19-10-12-20(13-11-19)15-8-6-5-7-9-15/h5-9,16,18H,10-14H2,1-4H3. The van der Waals surface area contributed by atoms with Crippen molar-refractivity contribution < 1.29 is 0 Å². The van der Waals surface area contributed by atoms with Gasteiger partial charge in [0.15, 0.2) is 0 Å². The van der Waals surface area contributed by atoms with Crippen LogP contribution in [0.2, 0.25) is 0 Å². The molecule has 1 aliphatic heterocycles. The Morgan fingerprint density at radius 1 is 1.05 bits per heavy atom. The third kappa shape index (κ3) is 3.97. The summed E-state index contributed by atoms with van der Waals surface area (Å²) in [5.41, 5.74) is 1.67. The van der Waals surface area contributed by atoms with E-state index in [1.54, 1.807) is 0 Å². The first-order chi connectivity index (χ1) is 9.50. The van der Waals surface area contributed by atoms with Gasteiger partial charge in [0.05, 0.1) is 0 Å². The molecule has 20 heavy (non-hydrogen) atoms. The Kier molecular flexibility index (Phi) is 5.06. The van der Waals surface area contributed by atoms with Crippen molar-refractivity contribution in [1.82, 2.24) is 10.2 Å². The second-order valence-electron chi connectivity index (χ2n) is 6.83. The molecule has 0 aromatic heterocycles. The highest BCUT2D eigenvalue weighted by atomic mass is 15.3. The van der Waals surface area contributed by atoms with Crippen LogP contribution in [0.3, 0.4) is 0 Å². The number of anilines is 1. The van der Waals surface area contributed by atoms with Gasteiger partial charge in [0.2, 0.25) is 0 Å². The highest BCUT2D eigenvalue weighted by Crippen LogP contribution is 2.21. The fraction of sp³-hybridized carbons (Fsp3) is 0.647. The van der Waals surface area contributed by atoms with Crippen molar-refractivity contribution >= 4 is 5.69 Å². The van der Waals surface area contributed by atoms with Gasteiger partial charge in [0.25, 0.3) is 0 Å². The van der Waals surface area contributed by atoms with Crippen LogP contribution in [-0.4, -0.2) is 50.7 Å². The second kappa shape index (κ2) is 6.59. The van der Waals surface area contributed by atoms with Crippen molar-refractivity contribution in [3.05, 3.63) is 30.3 Å². The van der Waals surface area contributed by atoms with Crippen LogP contribution < -0.4 is 10.2 Å². The van der Waals surface area contributed by atoms with Crippen LogP contribution >= 0.6 is 0 Å². The Morgan fingerprint density at radius 2 is 1.65 bits per heavy atom. The molecular weight excluding hydrogens is 246 g/mol. The minimum absolute atomic E-state index is 0.311. The summed E-state index contributed by atoms with van der Waals surface area (Å²) in [5, 5.41) is 3.48. The van der Waals surface area contributed by atoms with Crippen molar-refractivity contribution in [2.75, 3.05) is 44.7 Å². The van der Waals surface area contributed by atoms with Crippen LogP contribution in [0.4, 0.5) is 5.69 Å². The van der Waals surface area contributed by atoms with Crippen LogP contribution in [0.1, 0.15) is 20.8 Å². The van der Waals surface area contributed by atoms with Crippen molar-refractivity contribution in [1.29, 1.82) is 0 Å². The van der Waals surface area contributed by atoms with E-state index in [9.17, 15) is 0 Å². The minimum Gasteiger partial charge on any atom is -0.369 e. The van der Waals surface area contributed by atoms with E-state index in [4.69, 9.17) is 0 Å². The number of likely N-dealkylation sites (N-methyl/N-ethyl adjacent to an activating group) is 1. The van der Waals surface area contributed by atoms with Gasteiger partial charge in [-0.25, -0.2) is 0 Å². The highest BCUT2D eigenvalue weighted by molar-refractivity contribution is 5.46. The summed E-state index contributed by atoms with van der Waals surface area (Å²) >= 11 is 0. The summed E-state index contributed by atoms with van der Waals surface area (Å²) in [6.45, 7) is 12.7. The predicted octanol–water partition coefficient (Wildman–Crippen LogP) is 2.44. The van der Waals surface area contributed by atoms with Gasteiger partial charge in [0, 0.05) is 44.5 Å². The van der Waals surface area contributed by atoms with Crippen molar-refractivity contribution in [2.24, 2.45) is 5.41 Å². The minimum atomic E-state index is 0.311. The lowest BCUT2D eigenvalue weighted by molar-refractivity contribution is 0.172. The summed E-state index contributed by atoms with van der Waals surface area (Å²) in [5.74, 6) is 0. The first-order valence-electron chi connectivity index (χ1n) is 7.70. The number of rotatable bonds is 4. The molecule has 1 aromatic rings.